The van der Waals surface area contributed by atoms with Crippen molar-refractivity contribution < 1.29 is 4.79 Å². The van der Waals surface area contributed by atoms with Crippen LogP contribution in [0.1, 0.15) is 5.56 Å². The number of thioether (sulfide) groups is 1. The van der Waals surface area contributed by atoms with Gasteiger partial charge in [-0.3, -0.25) is 14.2 Å². The number of fused-ring (bicyclic) bond motifs is 1. The van der Waals surface area contributed by atoms with E-state index in [9.17, 15) is 9.59 Å². The second-order valence-corrected chi connectivity index (χ2v) is 8.06. The number of hydrogen-bond acceptors (Lipinski definition) is 4. The third-order valence-corrected chi connectivity index (χ3v) is 5.72. The van der Waals surface area contributed by atoms with Crippen LogP contribution in [-0.4, -0.2) is 21.2 Å². The Kier molecular flexibility index (Phi) is 5.88. The average molecular weight is 436 g/mol. The van der Waals surface area contributed by atoms with Crippen LogP contribution in [0.25, 0.3) is 16.6 Å². The highest BCUT2D eigenvalue weighted by molar-refractivity contribution is 7.99. The van der Waals surface area contributed by atoms with Gasteiger partial charge in [0.1, 0.15) is 0 Å². The standard InChI is InChI=1S/C23H18ClN3O2S/c1-15-7-2-5-12-20(15)27-22(29)18-10-3-4-11-19(18)26-23(27)30-14-21(28)25-17-9-6-8-16(24)13-17/h2-13H,14H2,1H3,(H,25,28). The van der Waals surface area contributed by atoms with E-state index in [-0.39, 0.29) is 17.2 Å². The van der Waals surface area contributed by atoms with Gasteiger partial charge < -0.3 is 5.32 Å². The third-order valence-electron chi connectivity index (χ3n) is 4.54. The minimum absolute atomic E-state index is 0.100. The minimum Gasteiger partial charge on any atom is -0.325 e. The smallest absolute Gasteiger partial charge is 0.266 e. The molecule has 0 aliphatic rings. The number of amides is 1. The normalized spacial score (nSPS) is 10.9. The van der Waals surface area contributed by atoms with E-state index in [0.29, 0.717) is 26.8 Å². The zero-order valence-electron chi connectivity index (χ0n) is 16.1. The summed E-state index contributed by atoms with van der Waals surface area (Å²) in [6, 6.07) is 21.8. The van der Waals surface area contributed by atoms with Gasteiger partial charge in [0.05, 0.1) is 22.3 Å². The van der Waals surface area contributed by atoms with Gasteiger partial charge in [-0.25, -0.2) is 4.98 Å². The minimum atomic E-state index is -0.207. The van der Waals surface area contributed by atoms with Gasteiger partial charge in [0.25, 0.3) is 5.56 Å². The molecule has 0 spiro atoms. The summed E-state index contributed by atoms with van der Waals surface area (Å²) in [7, 11) is 0. The zero-order chi connectivity index (χ0) is 21.1. The van der Waals surface area contributed by atoms with Crippen molar-refractivity contribution in [2.24, 2.45) is 0 Å². The maximum atomic E-state index is 13.3. The SMILES string of the molecule is Cc1ccccc1-n1c(SCC(=O)Nc2cccc(Cl)c2)nc2ccccc2c1=O. The molecule has 1 N–H and O–H groups in total. The predicted molar refractivity (Wildman–Crippen MR) is 123 cm³/mol. The van der Waals surface area contributed by atoms with Gasteiger partial charge in [-0.05, 0) is 48.9 Å². The molecule has 0 saturated heterocycles. The van der Waals surface area contributed by atoms with Crippen molar-refractivity contribution in [1.82, 2.24) is 9.55 Å². The molecule has 150 valence electrons. The number of aromatic nitrogens is 2. The number of hydrogen-bond donors (Lipinski definition) is 1. The quantitative estimate of drug-likeness (QED) is 0.351. The summed E-state index contributed by atoms with van der Waals surface area (Å²) in [6.07, 6.45) is 0. The summed E-state index contributed by atoms with van der Waals surface area (Å²) in [5, 5.41) is 4.36. The number of rotatable bonds is 5. The van der Waals surface area contributed by atoms with Crippen molar-refractivity contribution in [3.05, 3.63) is 93.7 Å². The van der Waals surface area contributed by atoms with E-state index >= 15 is 0 Å². The monoisotopic (exact) mass is 435 g/mol. The van der Waals surface area contributed by atoms with Crippen LogP contribution in [0.4, 0.5) is 5.69 Å². The summed E-state index contributed by atoms with van der Waals surface area (Å²) in [4.78, 5) is 30.4. The van der Waals surface area contributed by atoms with Crippen LogP contribution in [0.3, 0.4) is 0 Å². The van der Waals surface area contributed by atoms with Crippen molar-refractivity contribution in [3.8, 4) is 5.69 Å². The fraction of sp³-hybridized carbons (Fsp3) is 0.0870. The number of halogens is 1. The molecule has 0 aliphatic heterocycles. The summed E-state index contributed by atoms with van der Waals surface area (Å²) in [5.41, 5.74) is 2.76. The van der Waals surface area contributed by atoms with Gasteiger partial charge >= 0.3 is 0 Å². The number of benzene rings is 3. The number of nitrogens with zero attached hydrogens (tertiary/aromatic N) is 2. The molecule has 5 nitrogen and oxygen atoms in total. The molecule has 1 heterocycles. The molecule has 3 aromatic carbocycles. The number of para-hydroxylation sites is 2. The topological polar surface area (TPSA) is 64.0 Å². The Labute approximate surface area is 182 Å². The molecule has 0 fully saturated rings. The molecule has 0 bridgehead atoms. The molecule has 0 radical (unpaired) electrons. The van der Waals surface area contributed by atoms with Crippen molar-refractivity contribution in [2.45, 2.75) is 12.1 Å². The lowest BCUT2D eigenvalue weighted by Gasteiger charge is -2.15. The van der Waals surface area contributed by atoms with Crippen LogP contribution in [0.5, 0.6) is 0 Å². The van der Waals surface area contributed by atoms with Crippen LogP contribution in [0.2, 0.25) is 5.02 Å². The lowest BCUT2D eigenvalue weighted by molar-refractivity contribution is -0.113. The van der Waals surface area contributed by atoms with Gasteiger partial charge in [-0.15, -0.1) is 0 Å². The molecule has 4 rings (SSSR count). The fourth-order valence-corrected chi connectivity index (χ4v) is 4.13. The Morgan fingerprint density at radius 1 is 1.07 bits per heavy atom. The van der Waals surface area contributed by atoms with Gasteiger partial charge in [0.2, 0.25) is 5.91 Å². The summed E-state index contributed by atoms with van der Waals surface area (Å²) in [6.45, 7) is 1.94. The Balaban J connectivity index is 1.69. The number of anilines is 1. The molecule has 1 aromatic heterocycles. The lowest BCUT2D eigenvalue weighted by Crippen LogP contribution is -2.23. The Morgan fingerprint density at radius 3 is 2.63 bits per heavy atom. The molecule has 0 aliphatic carbocycles. The number of carbonyl (C=O) groups is 1. The molecule has 1 amide bonds. The van der Waals surface area contributed by atoms with Crippen LogP contribution in [-0.2, 0) is 4.79 Å². The first kappa shape index (κ1) is 20.2. The molecule has 4 aromatic rings. The van der Waals surface area contributed by atoms with Gasteiger partial charge in [0, 0.05) is 10.7 Å². The molecule has 0 atom stereocenters. The van der Waals surface area contributed by atoms with Gasteiger partial charge in [0.15, 0.2) is 5.16 Å². The molecular weight excluding hydrogens is 418 g/mol. The molecular formula is C23H18ClN3O2S. The number of aryl methyl sites for hydroxylation is 1. The molecule has 30 heavy (non-hydrogen) atoms. The number of carbonyl (C=O) groups excluding carboxylic acids is 1. The predicted octanol–water partition coefficient (Wildman–Crippen LogP) is 5.08. The fourth-order valence-electron chi connectivity index (χ4n) is 3.13. The van der Waals surface area contributed by atoms with Crippen LogP contribution in [0, 0.1) is 6.92 Å². The lowest BCUT2D eigenvalue weighted by atomic mass is 10.2. The molecule has 0 unspecified atom stereocenters. The summed E-state index contributed by atoms with van der Waals surface area (Å²) in [5.74, 6) is -0.107. The summed E-state index contributed by atoms with van der Waals surface area (Å²) < 4.78 is 1.58. The third kappa shape index (κ3) is 4.25. The van der Waals surface area contributed by atoms with Crippen LogP contribution in [0.15, 0.2) is 82.7 Å². The number of nitrogens with one attached hydrogen (secondary N) is 1. The highest BCUT2D eigenvalue weighted by atomic mass is 35.5. The zero-order valence-corrected chi connectivity index (χ0v) is 17.7. The van der Waals surface area contributed by atoms with Crippen LogP contribution < -0.4 is 10.9 Å². The van der Waals surface area contributed by atoms with Crippen molar-refractivity contribution in [2.75, 3.05) is 11.1 Å². The first-order chi connectivity index (χ1) is 14.5. The van der Waals surface area contributed by atoms with E-state index in [2.05, 4.69) is 10.3 Å². The largest absolute Gasteiger partial charge is 0.325 e. The van der Waals surface area contributed by atoms with E-state index in [0.717, 1.165) is 11.3 Å². The Morgan fingerprint density at radius 2 is 1.83 bits per heavy atom. The first-order valence-corrected chi connectivity index (χ1v) is 10.7. The van der Waals surface area contributed by atoms with E-state index in [1.165, 1.54) is 11.8 Å². The van der Waals surface area contributed by atoms with E-state index < -0.39 is 0 Å². The average Bonchev–Trinajstić information content (AvgIpc) is 2.73. The maximum Gasteiger partial charge on any atom is 0.266 e. The molecule has 7 heteroatoms. The first-order valence-electron chi connectivity index (χ1n) is 9.29. The van der Waals surface area contributed by atoms with Crippen molar-refractivity contribution >= 4 is 45.9 Å². The second-order valence-electron chi connectivity index (χ2n) is 6.69. The van der Waals surface area contributed by atoms with Crippen molar-refractivity contribution in [3.63, 3.8) is 0 Å². The molecule has 0 saturated carbocycles. The Hall–Kier alpha value is -3.09. The van der Waals surface area contributed by atoms with E-state index in [4.69, 9.17) is 11.6 Å². The van der Waals surface area contributed by atoms with Gasteiger partial charge in [-0.2, -0.15) is 0 Å². The van der Waals surface area contributed by atoms with Crippen molar-refractivity contribution in [1.29, 1.82) is 0 Å². The second kappa shape index (κ2) is 8.73. The maximum absolute atomic E-state index is 13.3. The van der Waals surface area contributed by atoms with Crippen LogP contribution >= 0.6 is 23.4 Å². The van der Waals surface area contributed by atoms with E-state index in [1.807, 2.05) is 43.3 Å². The Bertz CT molecular complexity index is 1300. The highest BCUT2D eigenvalue weighted by Crippen LogP contribution is 2.23. The highest BCUT2D eigenvalue weighted by Gasteiger charge is 2.16. The van der Waals surface area contributed by atoms with E-state index in [1.54, 1.807) is 41.0 Å². The van der Waals surface area contributed by atoms with Gasteiger partial charge in [-0.1, -0.05) is 59.8 Å². The summed E-state index contributed by atoms with van der Waals surface area (Å²) >= 11 is 7.19.